The van der Waals surface area contributed by atoms with E-state index in [0.29, 0.717) is 17.1 Å². The molecule has 0 aromatic carbocycles. The maximum Gasteiger partial charge on any atom is 0.420 e. The van der Waals surface area contributed by atoms with Crippen LogP contribution in [0, 0.1) is 0 Å². The minimum Gasteiger partial charge on any atom is -0.384 e. The predicted octanol–water partition coefficient (Wildman–Crippen LogP) is 4.86. The molecule has 0 saturated heterocycles. The minimum atomic E-state index is -4.84. The van der Waals surface area contributed by atoms with E-state index in [0.717, 1.165) is 12.1 Å². The van der Waals surface area contributed by atoms with Gasteiger partial charge in [0.15, 0.2) is 0 Å². The Kier molecular flexibility index (Phi) is 6.43. The number of nitrogens with two attached hydrogens (primary N) is 2. The van der Waals surface area contributed by atoms with E-state index in [4.69, 9.17) is 11.5 Å². The lowest BCUT2D eigenvalue weighted by Gasteiger charge is -2.24. The summed E-state index contributed by atoms with van der Waals surface area (Å²) >= 11 is 0. The minimum absolute atomic E-state index is 0.00394. The first-order valence-electron chi connectivity index (χ1n) is 11.1. The molecule has 1 aliphatic rings. The second kappa shape index (κ2) is 9.10. The lowest BCUT2D eigenvalue weighted by Crippen LogP contribution is -2.29. The summed E-state index contributed by atoms with van der Waals surface area (Å²) in [6.07, 6.45) is -7.94. The number of nitrogen functional groups attached to an aromatic ring is 2. The smallest absolute Gasteiger partial charge is 0.384 e. The largest absolute Gasteiger partial charge is 0.420 e. The van der Waals surface area contributed by atoms with Gasteiger partial charge < -0.3 is 16.4 Å². The highest BCUT2D eigenvalue weighted by molar-refractivity contribution is 5.75. The highest BCUT2D eigenvalue weighted by Crippen LogP contribution is 2.42. The topological polar surface area (TPSA) is 107 Å². The number of halogens is 6. The maximum absolute atomic E-state index is 14.0. The molecular weight excluding hydrogens is 488 g/mol. The Morgan fingerprint density at radius 2 is 1.64 bits per heavy atom. The van der Waals surface area contributed by atoms with Gasteiger partial charge in [0, 0.05) is 48.4 Å². The third-order valence-electron chi connectivity index (χ3n) is 5.87. The van der Waals surface area contributed by atoms with Gasteiger partial charge in [-0.05, 0) is 24.6 Å². The molecule has 3 aromatic heterocycles. The van der Waals surface area contributed by atoms with Gasteiger partial charge in [-0.1, -0.05) is 13.8 Å². The molecular formula is C23H23F6N7. The third-order valence-corrected chi connectivity index (χ3v) is 5.87. The fourth-order valence-electron chi connectivity index (χ4n) is 4.25. The van der Waals surface area contributed by atoms with Crippen molar-refractivity contribution in [3.63, 3.8) is 0 Å². The number of pyridine rings is 2. The van der Waals surface area contributed by atoms with Crippen LogP contribution in [0.25, 0.3) is 11.3 Å². The molecule has 0 atom stereocenters. The average Bonchev–Trinajstić information content (AvgIpc) is 2.99. The van der Waals surface area contributed by atoms with E-state index in [1.165, 1.54) is 17.2 Å². The highest BCUT2D eigenvalue weighted by Gasteiger charge is 2.39. The Balaban J connectivity index is 1.87. The molecule has 0 saturated carbocycles. The zero-order valence-corrected chi connectivity index (χ0v) is 19.4. The number of nitrogens with zero attached hydrogens (tertiary/aromatic N) is 5. The molecule has 0 radical (unpaired) electrons. The number of hydrogen-bond acceptors (Lipinski definition) is 7. The second-order valence-corrected chi connectivity index (χ2v) is 8.72. The number of rotatable bonds is 3. The standard InChI is InChI=1S/C23H23F6N7/c1-11(2)20-33-15-6-9-36(21-14(22(24,25)26)4-3-7-32-21)8-5-12(15)18(35-20)13-10-16(30)34-19(31)17(13)23(27,28)29/h3-4,7,10-11H,5-6,8-9H2,1-2H3,(H4,30,31,34). The molecule has 4 heterocycles. The van der Waals surface area contributed by atoms with Crippen LogP contribution in [-0.4, -0.2) is 33.0 Å². The van der Waals surface area contributed by atoms with E-state index in [1.807, 2.05) is 0 Å². The van der Waals surface area contributed by atoms with E-state index >= 15 is 0 Å². The monoisotopic (exact) mass is 511 g/mol. The van der Waals surface area contributed by atoms with E-state index in [-0.39, 0.29) is 54.7 Å². The van der Waals surface area contributed by atoms with Crippen molar-refractivity contribution < 1.29 is 26.3 Å². The molecule has 4 rings (SSSR count). The molecule has 0 fully saturated rings. The lowest BCUT2D eigenvalue weighted by atomic mass is 9.96. The van der Waals surface area contributed by atoms with Crippen LogP contribution in [0.2, 0.25) is 0 Å². The molecule has 4 N–H and O–H groups in total. The quantitative estimate of drug-likeness (QED) is 0.484. The first-order chi connectivity index (χ1) is 16.8. The summed E-state index contributed by atoms with van der Waals surface area (Å²) in [5.74, 6) is -1.17. The van der Waals surface area contributed by atoms with Crippen molar-refractivity contribution in [1.82, 2.24) is 19.9 Å². The van der Waals surface area contributed by atoms with Crippen LogP contribution in [0.4, 0.5) is 43.8 Å². The summed E-state index contributed by atoms with van der Waals surface area (Å²) < 4.78 is 82.8. The summed E-state index contributed by atoms with van der Waals surface area (Å²) in [4.78, 5) is 18.0. The van der Waals surface area contributed by atoms with E-state index in [9.17, 15) is 26.3 Å². The van der Waals surface area contributed by atoms with Gasteiger partial charge >= 0.3 is 12.4 Å². The van der Waals surface area contributed by atoms with Crippen LogP contribution in [0.5, 0.6) is 0 Å². The molecule has 13 heteroatoms. The first kappa shape index (κ1) is 25.5. The fraction of sp³-hybridized carbons (Fsp3) is 0.391. The van der Waals surface area contributed by atoms with Crippen molar-refractivity contribution in [3.05, 3.63) is 52.6 Å². The maximum atomic E-state index is 14.0. The Labute approximate surface area is 202 Å². The van der Waals surface area contributed by atoms with Gasteiger partial charge in [-0.15, -0.1) is 0 Å². The SMILES string of the molecule is CC(C)c1nc2c(c(-c3cc(N)nc(N)c3C(F)(F)F)n1)CCN(c1ncccc1C(F)(F)F)CC2. The van der Waals surface area contributed by atoms with Gasteiger partial charge in [0.1, 0.15) is 28.8 Å². The average molecular weight is 511 g/mol. The number of anilines is 3. The summed E-state index contributed by atoms with van der Waals surface area (Å²) in [5.41, 5.74) is 9.82. The molecule has 192 valence electrons. The molecule has 3 aromatic rings. The van der Waals surface area contributed by atoms with Gasteiger partial charge in [0.05, 0.1) is 11.3 Å². The van der Waals surface area contributed by atoms with E-state index < -0.39 is 29.3 Å². The number of alkyl halides is 6. The van der Waals surface area contributed by atoms with Crippen LogP contribution in [-0.2, 0) is 25.2 Å². The fourth-order valence-corrected chi connectivity index (χ4v) is 4.25. The van der Waals surface area contributed by atoms with Crippen LogP contribution >= 0.6 is 0 Å². The van der Waals surface area contributed by atoms with Crippen molar-refractivity contribution in [2.24, 2.45) is 0 Å². The Hall–Kier alpha value is -3.64. The van der Waals surface area contributed by atoms with Crippen molar-refractivity contribution in [1.29, 1.82) is 0 Å². The summed E-state index contributed by atoms with van der Waals surface area (Å²) in [5, 5.41) is 0. The number of aromatic nitrogens is 4. The summed E-state index contributed by atoms with van der Waals surface area (Å²) in [6, 6.07) is 3.21. The van der Waals surface area contributed by atoms with Crippen LogP contribution in [0.1, 0.15) is 48.0 Å². The van der Waals surface area contributed by atoms with E-state index in [2.05, 4.69) is 19.9 Å². The molecule has 0 amide bonds. The molecule has 1 aliphatic heterocycles. The predicted molar refractivity (Wildman–Crippen MR) is 122 cm³/mol. The number of fused-ring (bicyclic) bond motifs is 1. The van der Waals surface area contributed by atoms with Crippen LogP contribution in [0.15, 0.2) is 24.4 Å². The van der Waals surface area contributed by atoms with E-state index in [1.54, 1.807) is 13.8 Å². The summed E-state index contributed by atoms with van der Waals surface area (Å²) in [6.45, 7) is 3.77. The third kappa shape index (κ3) is 4.86. The van der Waals surface area contributed by atoms with Gasteiger partial charge in [-0.2, -0.15) is 26.3 Å². The van der Waals surface area contributed by atoms with Gasteiger partial charge in [0.25, 0.3) is 0 Å². The zero-order valence-electron chi connectivity index (χ0n) is 19.4. The van der Waals surface area contributed by atoms with Gasteiger partial charge in [0.2, 0.25) is 0 Å². The van der Waals surface area contributed by atoms with Crippen LogP contribution < -0.4 is 16.4 Å². The molecule has 36 heavy (non-hydrogen) atoms. The Morgan fingerprint density at radius 1 is 0.944 bits per heavy atom. The molecule has 0 spiro atoms. The normalized spacial score (nSPS) is 14.6. The summed E-state index contributed by atoms with van der Waals surface area (Å²) in [7, 11) is 0. The Bertz CT molecular complexity index is 1290. The number of hydrogen-bond donors (Lipinski definition) is 2. The lowest BCUT2D eigenvalue weighted by molar-refractivity contribution is -0.137. The first-order valence-corrected chi connectivity index (χ1v) is 11.1. The highest BCUT2D eigenvalue weighted by atomic mass is 19.4. The molecule has 0 unspecified atom stereocenters. The second-order valence-electron chi connectivity index (χ2n) is 8.72. The van der Waals surface area contributed by atoms with Gasteiger partial charge in [-0.3, -0.25) is 0 Å². The van der Waals surface area contributed by atoms with Crippen LogP contribution in [0.3, 0.4) is 0 Å². The zero-order chi connectivity index (χ0) is 26.4. The van der Waals surface area contributed by atoms with Crippen molar-refractivity contribution in [2.75, 3.05) is 29.5 Å². The molecule has 0 bridgehead atoms. The molecule has 0 aliphatic carbocycles. The molecule has 7 nitrogen and oxygen atoms in total. The van der Waals surface area contributed by atoms with Crippen molar-refractivity contribution in [3.8, 4) is 11.3 Å². The Morgan fingerprint density at radius 3 is 2.28 bits per heavy atom. The van der Waals surface area contributed by atoms with Crippen molar-refractivity contribution >= 4 is 17.5 Å². The van der Waals surface area contributed by atoms with Gasteiger partial charge in [-0.25, -0.2) is 19.9 Å². The van der Waals surface area contributed by atoms with Crippen molar-refractivity contribution in [2.45, 2.75) is 45.0 Å².